The third-order valence-corrected chi connectivity index (χ3v) is 3.01. The number of nitrogens with two attached hydrogens (primary N) is 1. The van der Waals surface area contributed by atoms with Crippen LogP contribution in [0.25, 0.3) is 11.3 Å². The molecule has 17 heavy (non-hydrogen) atoms. The first-order valence-electron chi connectivity index (χ1n) is 5.20. The average Bonchev–Trinajstić information content (AvgIpc) is 2.79. The van der Waals surface area contributed by atoms with E-state index in [1.807, 2.05) is 18.2 Å². The fourth-order valence-corrected chi connectivity index (χ4v) is 2.12. The minimum atomic E-state index is -0.391. The number of nitrogens with zero attached hydrogens (tertiary/aromatic N) is 1. The van der Waals surface area contributed by atoms with Crippen molar-refractivity contribution in [2.75, 3.05) is 12.3 Å². The summed E-state index contributed by atoms with van der Waals surface area (Å²) in [5.74, 6) is -0.391. The number of anilines is 1. The minimum absolute atomic E-state index is 0.348. The molecule has 88 valence electrons. The lowest BCUT2D eigenvalue weighted by molar-refractivity contribution is 0.0526. The Kier molecular flexibility index (Phi) is 3.39. The van der Waals surface area contributed by atoms with Gasteiger partial charge in [0.2, 0.25) is 5.01 Å². The van der Waals surface area contributed by atoms with Gasteiger partial charge in [0.15, 0.2) is 0 Å². The molecule has 0 radical (unpaired) electrons. The van der Waals surface area contributed by atoms with Crippen molar-refractivity contribution in [1.29, 1.82) is 0 Å². The van der Waals surface area contributed by atoms with Crippen LogP contribution in [0.15, 0.2) is 29.6 Å². The monoisotopic (exact) mass is 248 g/mol. The van der Waals surface area contributed by atoms with Gasteiger partial charge in [0.25, 0.3) is 0 Å². The van der Waals surface area contributed by atoms with Crippen LogP contribution in [0, 0.1) is 0 Å². The normalized spacial score (nSPS) is 10.2. The van der Waals surface area contributed by atoms with E-state index in [4.69, 9.17) is 10.5 Å². The molecule has 2 N–H and O–H groups in total. The van der Waals surface area contributed by atoms with Crippen LogP contribution in [-0.4, -0.2) is 17.6 Å². The number of rotatable bonds is 3. The van der Waals surface area contributed by atoms with Gasteiger partial charge in [-0.05, 0) is 13.0 Å². The first-order chi connectivity index (χ1) is 8.22. The number of carbonyl (C=O) groups excluding carboxylic acids is 1. The SMILES string of the molecule is CCOC(=O)c1nc(-c2ccccc2N)cs1. The molecule has 0 saturated heterocycles. The summed E-state index contributed by atoms with van der Waals surface area (Å²) < 4.78 is 4.89. The van der Waals surface area contributed by atoms with Gasteiger partial charge in [-0.3, -0.25) is 0 Å². The number of thiazole rings is 1. The van der Waals surface area contributed by atoms with E-state index in [9.17, 15) is 4.79 Å². The second-order valence-electron chi connectivity index (χ2n) is 3.35. The van der Waals surface area contributed by atoms with E-state index in [1.165, 1.54) is 11.3 Å². The standard InChI is InChI=1S/C12H12N2O2S/c1-2-16-12(15)11-14-10(7-17-11)8-5-3-4-6-9(8)13/h3-7H,2,13H2,1H3. The molecule has 4 nitrogen and oxygen atoms in total. The van der Waals surface area contributed by atoms with Crippen LogP contribution < -0.4 is 5.73 Å². The van der Waals surface area contributed by atoms with Crippen molar-refractivity contribution in [3.8, 4) is 11.3 Å². The molecule has 0 aliphatic carbocycles. The highest BCUT2D eigenvalue weighted by Gasteiger charge is 2.13. The van der Waals surface area contributed by atoms with Crippen LogP contribution in [0.3, 0.4) is 0 Å². The number of hydrogen-bond acceptors (Lipinski definition) is 5. The molecule has 1 aromatic carbocycles. The number of esters is 1. The third-order valence-electron chi connectivity index (χ3n) is 2.19. The molecular formula is C12H12N2O2S. The number of carbonyl (C=O) groups is 1. The van der Waals surface area contributed by atoms with E-state index >= 15 is 0 Å². The predicted molar refractivity (Wildman–Crippen MR) is 67.9 cm³/mol. The molecule has 5 heteroatoms. The van der Waals surface area contributed by atoms with Crippen LogP contribution >= 0.6 is 11.3 Å². The first kappa shape index (κ1) is 11.6. The van der Waals surface area contributed by atoms with Crippen LogP contribution in [0.2, 0.25) is 0 Å². The topological polar surface area (TPSA) is 65.2 Å². The minimum Gasteiger partial charge on any atom is -0.461 e. The Bertz CT molecular complexity index is 537. The van der Waals surface area contributed by atoms with E-state index < -0.39 is 5.97 Å². The van der Waals surface area contributed by atoms with Crippen molar-refractivity contribution in [3.05, 3.63) is 34.7 Å². The summed E-state index contributed by atoms with van der Waals surface area (Å²) in [6.45, 7) is 2.11. The molecule has 1 heterocycles. The van der Waals surface area contributed by atoms with E-state index in [-0.39, 0.29) is 0 Å². The van der Waals surface area contributed by atoms with Crippen LogP contribution in [0.1, 0.15) is 16.7 Å². The van der Waals surface area contributed by atoms with Gasteiger partial charge in [0.1, 0.15) is 0 Å². The second kappa shape index (κ2) is 4.97. The number of ether oxygens (including phenoxy) is 1. The first-order valence-corrected chi connectivity index (χ1v) is 6.08. The summed E-state index contributed by atoms with van der Waals surface area (Å²) in [5.41, 5.74) is 8.03. The van der Waals surface area contributed by atoms with Gasteiger partial charge in [-0.1, -0.05) is 18.2 Å². The molecule has 0 unspecified atom stereocenters. The highest BCUT2D eigenvalue weighted by atomic mass is 32.1. The number of nitrogen functional groups attached to an aromatic ring is 1. The molecule has 2 aromatic rings. The zero-order chi connectivity index (χ0) is 12.3. The number of para-hydroxylation sites is 1. The summed E-state index contributed by atoms with van der Waals surface area (Å²) in [5, 5.41) is 2.16. The lowest BCUT2D eigenvalue weighted by Crippen LogP contribution is -2.03. The van der Waals surface area contributed by atoms with Gasteiger partial charge in [-0.15, -0.1) is 11.3 Å². The van der Waals surface area contributed by atoms with Crippen LogP contribution in [-0.2, 0) is 4.74 Å². The number of hydrogen-bond donors (Lipinski definition) is 1. The van der Waals surface area contributed by atoms with E-state index in [0.717, 1.165) is 5.56 Å². The molecule has 0 aliphatic heterocycles. The van der Waals surface area contributed by atoms with Crippen molar-refractivity contribution in [3.63, 3.8) is 0 Å². The van der Waals surface area contributed by atoms with Crippen LogP contribution in [0.5, 0.6) is 0 Å². The number of aromatic nitrogens is 1. The second-order valence-corrected chi connectivity index (χ2v) is 4.20. The molecule has 0 bridgehead atoms. The Morgan fingerprint density at radius 3 is 2.94 bits per heavy atom. The average molecular weight is 248 g/mol. The molecule has 0 saturated carbocycles. The van der Waals surface area contributed by atoms with E-state index in [2.05, 4.69) is 4.98 Å². The summed E-state index contributed by atoms with van der Waals surface area (Å²) in [6, 6.07) is 7.42. The summed E-state index contributed by atoms with van der Waals surface area (Å²) >= 11 is 1.26. The Labute approximate surface area is 103 Å². The maximum Gasteiger partial charge on any atom is 0.367 e. The summed E-state index contributed by atoms with van der Waals surface area (Å²) in [4.78, 5) is 15.7. The van der Waals surface area contributed by atoms with Crippen molar-refractivity contribution < 1.29 is 9.53 Å². The molecule has 1 aromatic heterocycles. The van der Waals surface area contributed by atoms with E-state index in [0.29, 0.717) is 23.0 Å². The Morgan fingerprint density at radius 2 is 2.24 bits per heavy atom. The molecule has 0 amide bonds. The smallest absolute Gasteiger partial charge is 0.367 e. The fraction of sp³-hybridized carbons (Fsp3) is 0.167. The Morgan fingerprint density at radius 1 is 1.47 bits per heavy atom. The fourth-order valence-electron chi connectivity index (χ4n) is 1.41. The molecule has 0 atom stereocenters. The molecule has 0 fully saturated rings. The zero-order valence-corrected chi connectivity index (χ0v) is 10.2. The van der Waals surface area contributed by atoms with Gasteiger partial charge in [0.05, 0.1) is 12.3 Å². The molecular weight excluding hydrogens is 236 g/mol. The highest BCUT2D eigenvalue weighted by Crippen LogP contribution is 2.26. The summed E-state index contributed by atoms with van der Waals surface area (Å²) in [6.07, 6.45) is 0. The maximum absolute atomic E-state index is 11.5. The highest BCUT2D eigenvalue weighted by molar-refractivity contribution is 7.11. The quantitative estimate of drug-likeness (QED) is 0.669. The zero-order valence-electron chi connectivity index (χ0n) is 9.34. The van der Waals surface area contributed by atoms with Crippen molar-refractivity contribution in [2.24, 2.45) is 0 Å². The Balaban J connectivity index is 2.30. The van der Waals surface area contributed by atoms with Crippen LogP contribution in [0.4, 0.5) is 5.69 Å². The van der Waals surface area contributed by atoms with Gasteiger partial charge in [-0.25, -0.2) is 9.78 Å². The maximum atomic E-state index is 11.5. The lowest BCUT2D eigenvalue weighted by Gasteiger charge is -2.00. The van der Waals surface area contributed by atoms with Gasteiger partial charge >= 0.3 is 5.97 Å². The molecule has 2 rings (SSSR count). The van der Waals surface area contributed by atoms with Crippen molar-refractivity contribution >= 4 is 23.0 Å². The van der Waals surface area contributed by atoms with E-state index in [1.54, 1.807) is 18.4 Å². The predicted octanol–water partition coefficient (Wildman–Crippen LogP) is 2.57. The van der Waals surface area contributed by atoms with Gasteiger partial charge in [0, 0.05) is 16.6 Å². The Hall–Kier alpha value is -1.88. The van der Waals surface area contributed by atoms with Crippen molar-refractivity contribution in [2.45, 2.75) is 6.92 Å². The van der Waals surface area contributed by atoms with Crippen molar-refractivity contribution in [1.82, 2.24) is 4.98 Å². The largest absolute Gasteiger partial charge is 0.461 e. The van der Waals surface area contributed by atoms with Gasteiger partial charge in [-0.2, -0.15) is 0 Å². The molecule has 0 spiro atoms. The van der Waals surface area contributed by atoms with Gasteiger partial charge < -0.3 is 10.5 Å². The summed E-state index contributed by atoms with van der Waals surface area (Å²) in [7, 11) is 0. The molecule has 0 aliphatic rings. The lowest BCUT2D eigenvalue weighted by atomic mass is 10.1. The third kappa shape index (κ3) is 2.45. The number of benzene rings is 1.